The lowest BCUT2D eigenvalue weighted by Gasteiger charge is -2.04. The van der Waals surface area contributed by atoms with E-state index in [1.807, 2.05) is 85.8 Å². The molecule has 3 aromatic rings. The average Bonchev–Trinajstić information content (AvgIpc) is 3.46. The lowest BCUT2D eigenvalue weighted by Crippen LogP contribution is -2.32. The molecule has 0 bridgehead atoms. The second kappa shape index (κ2) is 23.6. The van der Waals surface area contributed by atoms with Crippen molar-refractivity contribution >= 4 is 23.9 Å². The molecule has 13 N–H and O–H groups in total. The Balaban J connectivity index is 0.000000564. The molecule has 0 spiro atoms. The molecule has 1 aromatic heterocycles. The van der Waals surface area contributed by atoms with E-state index in [0.29, 0.717) is 25.8 Å². The number of carbonyl (C=O) groups is 4. The van der Waals surface area contributed by atoms with Crippen molar-refractivity contribution < 1.29 is 39.6 Å². The first-order valence-electron chi connectivity index (χ1n) is 14.3. The van der Waals surface area contributed by atoms with Gasteiger partial charge in [-0.05, 0) is 56.4 Å². The Hall–Kier alpha value is -4.73. The summed E-state index contributed by atoms with van der Waals surface area (Å²) in [6, 6.07) is 21.8. The van der Waals surface area contributed by atoms with Gasteiger partial charge in [-0.1, -0.05) is 66.7 Å². The largest absolute Gasteiger partial charge is 0.480 e. The number of pyridine rings is 1. The van der Waals surface area contributed by atoms with Crippen LogP contribution in [0.4, 0.5) is 0 Å². The minimum atomic E-state index is -0.963. The zero-order valence-corrected chi connectivity index (χ0v) is 26.0. The van der Waals surface area contributed by atoms with Gasteiger partial charge < -0.3 is 48.7 Å². The Morgan fingerprint density at radius 3 is 1.39 bits per heavy atom. The minimum absolute atomic E-state index is 0.0195. The van der Waals surface area contributed by atoms with Crippen LogP contribution in [-0.2, 0) is 32.0 Å². The molecule has 2 heterocycles. The highest BCUT2D eigenvalue weighted by atomic mass is 16.4. The number of rotatable bonds is 8. The quantitative estimate of drug-likeness (QED) is 0.165. The van der Waals surface area contributed by atoms with Crippen LogP contribution in [0.1, 0.15) is 30.2 Å². The molecule has 4 unspecified atom stereocenters. The average molecular weight is 643 g/mol. The Morgan fingerprint density at radius 2 is 1.17 bits per heavy atom. The number of aromatic nitrogens is 1. The van der Waals surface area contributed by atoms with Crippen LogP contribution in [0, 0.1) is 6.92 Å². The van der Waals surface area contributed by atoms with Gasteiger partial charge in [-0.25, -0.2) is 0 Å². The number of nitrogens with two attached hydrogens (primary N) is 4. The number of hydrogen-bond acceptors (Lipinski definition) is 10. The smallest absolute Gasteiger partial charge is 0.320 e. The van der Waals surface area contributed by atoms with E-state index in [1.54, 1.807) is 6.20 Å². The molecule has 4 rings (SSSR count). The molecule has 0 amide bonds. The highest BCUT2D eigenvalue weighted by molar-refractivity contribution is 5.74. The van der Waals surface area contributed by atoms with E-state index in [-0.39, 0.29) is 6.04 Å². The number of benzene rings is 2. The molecule has 0 saturated carbocycles. The highest BCUT2D eigenvalue weighted by Gasteiger charge is 2.26. The third kappa shape index (κ3) is 21.1. The van der Waals surface area contributed by atoms with Gasteiger partial charge >= 0.3 is 23.9 Å². The standard InChI is InChI=1S/2C9H11NO2.C6H7N.C5H10N2O2.C3H7NO2/c2*10-8(9(11)12)6-7-4-2-1-3-5-7;1-6-4-2-3-5-7-6;6-3-1-4(5(8)9)7-2-3;1-2(4)3(5)6/h2*1-5,8H,6,10H2,(H,11,12);2-5H,1H3;3-4,7H,1-2,6H2,(H,8,9);2H,4H2,1H3,(H,5,6)/t;;;3?,4-;/m...0./s1. The van der Waals surface area contributed by atoms with Crippen LogP contribution >= 0.6 is 0 Å². The molecule has 1 aliphatic heterocycles. The third-order valence-corrected chi connectivity index (χ3v) is 5.90. The molecule has 0 aliphatic carbocycles. The number of nitrogens with one attached hydrogen (secondary N) is 1. The molecule has 1 aliphatic rings. The predicted octanol–water partition coefficient (Wildman–Crippen LogP) is 0.850. The van der Waals surface area contributed by atoms with Gasteiger partial charge in [0.1, 0.15) is 24.2 Å². The molecule has 252 valence electrons. The molecule has 1 fully saturated rings. The van der Waals surface area contributed by atoms with Gasteiger partial charge in [0, 0.05) is 24.5 Å². The number of carboxylic acids is 4. The zero-order valence-electron chi connectivity index (χ0n) is 26.0. The third-order valence-electron chi connectivity index (χ3n) is 5.90. The lowest BCUT2D eigenvalue weighted by molar-refractivity contribution is -0.139. The predicted molar refractivity (Wildman–Crippen MR) is 174 cm³/mol. The molecular weight excluding hydrogens is 596 g/mol. The van der Waals surface area contributed by atoms with Gasteiger partial charge in [0.05, 0.1) is 0 Å². The normalized spacial score (nSPS) is 16.4. The van der Waals surface area contributed by atoms with E-state index in [2.05, 4.69) is 10.3 Å². The molecule has 1 saturated heterocycles. The summed E-state index contributed by atoms with van der Waals surface area (Å²) >= 11 is 0. The summed E-state index contributed by atoms with van der Waals surface area (Å²) in [6.45, 7) is 4.01. The van der Waals surface area contributed by atoms with Crippen LogP contribution in [0.3, 0.4) is 0 Å². The van der Waals surface area contributed by atoms with Crippen molar-refractivity contribution in [3.8, 4) is 0 Å². The van der Waals surface area contributed by atoms with E-state index >= 15 is 0 Å². The Labute approximate surface area is 268 Å². The van der Waals surface area contributed by atoms with Crippen LogP contribution in [0.15, 0.2) is 85.1 Å². The molecule has 14 nitrogen and oxygen atoms in total. The zero-order chi connectivity index (χ0) is 35.1. The first-order valence-corrected chi connectivity index (χ1v) is 14.3. The summed E-state index contributed by atoms with van der Waals surface area (Å²) < 4.78 is 0. The SMILES string of the molecule is CC(N)C(=O)O.Cc1ccccn1.NC(Cc1ccccc1)C(=O)O.NC(Cc1ccccc1)C(=O)O.NC1CN[C@H](C(=O)O)C1. The number of hydrogen-bond donors (Lipinski definition) is 9. The number of aryl methyl sites for hydroxylation is 1. The summed E-state index contributed by atoms with van der Waals surface area (Å²) in [5.41, 5.74) is 23.9. The Kier molecular flexibility index (Phi) is 21.2. The van der Waals surface area contributed by atoms with Crippen molar-refractivity contribution in [1.82, 2.24) is 10.3 Å². The van der Waals surface area contributed by atoms with Crippen molar-refractivity contribution in [3.63, 3.8) is 0 Å². The second-order valence-electron chi connectivity index (χ2n) is 10.2. The van der Waals surface area contributed by atoms with E-state index in [1.165, 1.54) is 6.92 Å². The van der Waals surface area contributed by atoms with E-state index in [4.69, 9.17) is 43.4 Å². The molecule has 0 radical (unpaired) electrons. The summed E-state index contributed by atoms with van der Waals surface area (Å²) in [7, 11) is 0. The molecule has 46 heavy (non-hydrogen) atoms. The fraction of sp³-hybridized carbons (Fsp3) is 0.344. The van der Waals surface area contributed by atoms with Gasteiger partial charge in [0.15, 0.2) is 0 Å². The molecule has 14 heteroatoms. The van der Waals surface area contributed by atoms with Gasteiger partial charge in [0.2, 0.25) is 0 Å². The Bertz CT molecular complexity index is 1230. The van der Waals surface area contributed by atoms with Gasteiger partial charge in [-0.2, -0.15) is 0 Å². The first kappa shape index (κ1) is 41.3. The number of carboxylic acid groups (broad SMARTS) is 4. The fourth-order valence-corrected chi connectivity index (χ4v) is 3.31. The maximum absolute atomic E-state index is 10.4. The van der Waals surface area contributed by atoms with Crippen LogP contribution in [-0.4, -0.2) is 86.0 Å². The molecule has 2 aromatic carbocycles. The lowest BCUT2D eigenvalue weighted by atomic mass is 10.1. The summed E-state index contributed by atoms with van der Waals surface area (Å²) in [5.74, 6) is -3.68. The summed E-state index contributed by atoms with van der Waals surface area (Å²) in [4.78, 5) is 44.5. The maximum atomic E-state index is 10.4. The monoisotopic (exact) mass is 642 g/mol. The Morgan fingerprint density at radius 1 is 0.761 bits per heavy atom. The van der Waals surface area contributed by atoms with Crippen molar-refractivity contribution in [3.05, 3.63) is 102 Å². The minimum Gasteiger partial charge on any atom is -0.480 e. The number of nitrogens with zero attached hydrogens (tertiary/aromatic N) is 1. The fourth-order valence-electron chi connectivity index (χ4n) is 3.31. The van der Waals surface area contributed by atoms with Crippen LogP contribution < -0.4 is 28.3 Å². The molecular formula is C32H46N6O8. The van der Waals surface area contributed by atoms with Crippen molar-refractivity contribution in [2.45, 2.75) is 63.3 Å². The highest BCUT2D eigenvalue weighted by Crippen LogP contribution is 2.04. The van der Waals surface area contributed by atoms with E-state index < -0.39 is 48.0 Å². The maximum Gasteiger partial charge on any atom is 0.320 e. The van der Waals surface area contributed by atoms with E-state index in [0.717, 1.165) is 16.8 Å². The first-order chi connectivity index (χ1) is 21.6. The van der Waals surface area contributed by atoms with Gasteiger partial charge in [-0.3, -0.25) is 24.2 Å². The van der Waals surface area contributed by atoms with Crippen LogP contribution in [0.25, 0.3) is 0 Å². The topological polar surface area (TPSA) is 278 Å². The van der Waals surface area contributed by atoms with E-state index in [9.17, 15) is 19.2 Å². The second-order valence-corrected chi connectivity index (χ2v) is 10.2. The summed E-state index contributed by atoms with van der Waals surface area (Å²) in [6.07, 6.45) is 3.11. The number of aliphatic carboxylic acids is 4. The van der Waals surface area contributed by atoms with Crippen LogP contribution in [0.5, 0.6) is 0 Å². The van der Waals surface area contributed by atoms with Gasteiger partial charge in [-0.15, -0.1) is 0 Å². The van der Waals surface area contributed by atoms with Crippen molar-refractivity contribution in [1.29, 1.82) is 0 Å². The summed E-state index contributed by atoms with van der Waals surface area (Å²) in [5, 5.41) is 36.1. The van der Waals surface area contributed by atoms with Gasteiger partial charge in [0.25, 0.3) is 0 Å². The van der Waals surface area contributed by atoms with Crippen LogP contribution in [0.2, 0.25) is 0 Å². The van der Waals surface area contributed by atoms with Crippen molar-refractivity contribution in [2.24, 2.45) is 22.9 Å². The van der Waals surface area contributed by atoms with Crippen molar-refractivity contribution in [2.75, 3.05) is 6.54 Å². The molecule has 5 atom stereocenters.